The topological polar surface area (TPSA) is 52.9 Å². The Kier molecular flexibility index (Phi) is 4.81. The maximum Gasteiger partial charge on any atom is 0.253 e. The normalized spacial score (nSPS) is 17.5. The third-order valence-electron chi connectivity index (χ3n) is 3.67. The number of nitriles is 1. The third kappa shape index (κ3) is 3.48. The van der Waals surface area contributed by atoms with Crippen molar-refractivity contribution in [2.45, 2.75) is 38.1 Å². The fraction of sp³-hybridized carbons (Fsp3) is 0.467. The molecule has 1 aliphatic carbocycles. The van der Waals surface area contributed by atoms with Crippen LogP contribution in [0.1, 0.15) is 42.5 Å². The molecule has 1 N–H and O–H groups in total. The highest BCUT2D eigenvalue weighted by atomic mass is 35.5. The Balaban J connectivity index is 2.04. The van der Waals surface area contributed by atoms with E-state index in [1.807, 2.05) is 0 Å². The van der Waals surface area contributed by atoms with Crippen molar-refractivity contribution in [3.63, 3.8) is 0 Å². The van der Waals surface area contributed by atoms with Crippen LogP contribution in [0.3, 0.4) is 0 Å². The number of nitrogens with zero attached hydrogens (tertiary/aromatic N) is 1. The maximum atomic E-state index is 12.1. The van der Waals surface area contributed by atoms with Gasteiger partial charge in [-0.15, -0.1) is 0 Å². The minimum Gasteiger partial charge on any atom is -0.336 e. The summed E-state index contributed by atoms with van der Waals surface area (Å²) in [4.78, 5) is 12.1. The molecule has 1 fully saturated rings. The van der Waals surface area contributed by atoms with Crippen molar-refractivity contribution >= 4 is 17.5 Å². The largest absolute Gasteiger partial charge is 0.336 e. The van der Waals surface area contributed by atoms with E-state index in [4.69, 9.17) is 11.6 Å². The number of carbonyl (C=O) groups excluding carboxylic acids is 1. The second-order valence-corrected chi connectivity index (χ2v) is 5.37. The van der Waals surface area contributed by atoms with Gasteiger partial charge in [0.25, 0.3) is 5.91 Å². The molecule has 0 radical (unpaired) electrons. The lowest BCUT2D eigenvalue weighted by Crippen LogP contribution is -2.40. The summed E-state index contributed by atoms with van der Waals surface area (Å²) in [5.74, 6) is 0.00733. The van der Waals surface area contributed by atoms with E-state index >= 15 is 0 Å². The number of hydrogen-bond donors (Lipinski definition) is 1. The quantitative estimate of drug-likeness (QED) is 0.918. The number of benzene rings is 1. The van der Waals surface area contributed by atoms with Crippen molar-refractivity contribution in [1.29, 1.82) is 5.26 Å². The van der Waals surface area contributed by atoms with Crippen LogP contribution in [0.15, 0.2) is 24.3 Å². The zero-order valence-corrected chi connectivity index (χ0v) is 11.5. The van der Waals surface area contributed by atoms with Crippen molar-refractivity contribution in [1.82, 2.24) is 5.32 Å². The van der Waals surface area contributed by atoms with Crippen LogP contribution < -0.4 is 5.32 Å². The van der Waals surface area contributed by atoms with Gasteiger partial charge in [-0.2, -0.15) is 5.26 Å². The van der Waals surface area contributed by atoms with Crippen molar-refractivity contribution in [3.8, 4) is 6.07 Å². The second kappa shape index (κ2) is 6.58. The van der Waals surface area contributed by atoms with Gasteiger partial charge in [0.15, 0.2) is 0 Å². The Labute approximate surface area is 118 Å². The Morgan fingerprint density at radius 3 is 2.63 bits per heavy atom. The molecule has 19 heavy (non-hydrogen) atoms. The van der Waals surface area contributed by atoms with Gasteiger partial charge in [0, 0.05) is 0 Å². The minimum atomic E-state index is -0.413. The predicted molar refractivity (Wildman–Crippen MR) is 74.9 cm³/mol. The van der Waals surface area contributed by atoms with E-state index in [9.17, 15) is 10.1 Å². The number of rotatable bonds is 3. The van der Waals surface area contributed by atoms with Crippen LogP contribution >= 0.6 is 11.6 Å². The molecule has 100 valence electrons. The fourth-order valence-corrected chi connectivity index (χ4v) is 2.81. The molecular weight excluding hydrogens is 260 g/mol. The molecule has 4 heteroatoms. The molecular formula is C15H17ClN2O. The highest BCUT2D eigenvalue weighted by molar-refractivity contribution is 6.33. The average Bonchev–Trinajstić information content (AvgIpc) is 2.46. The summed E-state index contributed by atoms with van der Waals surface area (Å²) in [6.45, 7) is 0. The van der Waals surface area contributed by atoms with Crippen LogP contribution in [0.25, 0.3) is 0 Å². The SMILES string of the molecule is N#CC(NC(=O)c1ccccc1Cl)C1CCCCC1. The molecule has 3 nitrogen and oxygen atoms in total. The summed E-state index contributed by atoms with van der Waals surface area (Å²) in [5, 5.41) is 12.5. The lowest BCUT2D eigenvalue weighted by atomic mass is 9.84. The van der Waals surface area contributed by atoms with Crippen molar-refractivity contribution in [3.05, 3.63) is 34.9 Å². The number of halogens is 1. The average molecular weight is 277 g/mol. The van der Waals surface area contributed by atoms with Crippen molar-refractivity contribution in [2.24, 2.45) is 5.92 Å². The van der Waals surface area contributed by atoms with Crippen molar-refractivity contribution in [2.75, 3.05) is 0 Å². The van der Waals surface area contributed by atoms with Gasteiger partial charge in [-0.1, -0.05) is 43.0 Å². The maximum absolute atomic E-state index is 12.1. The van der Waals surface area contributed by atoms with Crippen LogP contribution in [0.5, 0.6) is 0 Å². The van der Waals surface area contributed by atoms with Crippen LogP contribution in [0, 0.1) is 17.2 Å². The van der Waals surface area contributed by atoms with Crippen LogP contribution in [0.4, 0.5) is 0 Å². The van der Waals surface area contributed by atoms with Gasteiger partial charge in [-0.05, 0) is 30.9 Å². The van der Waals surface area contributed by atoms with Gasteiger partial charge in [0.05, 0.1) is 16.7 Å². The molecule has 0 bridgehead atoms. The van der Waals surface area contributed by atoms with E-state index in [1.54, 1.807) is 24.3 Å². The fourth-order valence-electron chi connectivity index (χ4n) is 2.59. The summed E-state index contributed by atoms with van der Waals surface area (Å²) in [6, 6.07) is 8.70. The molecule has 1 aliphatic rings. The molecule has 1 amide bonds. The first kappa shape index (κ1) is 13.9. The number of carbonyl (C=O) groups is 1. The van der Waals surface area contributed by atoms with Gasteiger partial charge in [0.1, 0.15) is 6.04 Å². The first-order valence-corrected chi connectivity index (χ1v) is 7.05. The summed E-state index contributed by atoms with van der Waals surface area (Å²) in [6.07, 6.45) is 5.55. The monoisotopic (exact) mass is 276 g/mol. The van der Waals surface area contributed by atoms with Crippen molar-refractivity contribution < 1.29 is 4.79 Å². The second-order valence-electron chi connectivity index (χ2n) is 4.96. The molecule has 1 aromatic rings. The molecule has 0 heterocycles. The standard InChI is InChI=1S/C15H17ClN2O/c16-13-9-5-4-8-12(13)15(19)18-14(10-17)11-6-2-1-3-7-11/h4-5,8-9,11,14H,1-3,6-7H2,(H,18,19). The molecule has 0 aromatic heterocycles. The molecule has 1 aromatic carbocycles. The minimum absolute atomic E-state index is 0.261. The van der Waals surface area contributed by atoms with Gasteiger partial charge < -0.3 is 5.32 Å². The number of hydrogen-bond acceptors (Lipinski definition) is 2. The molecule has 1 saturated carbocycles. The Morgan fingerprint density at radius 1 is 1.32 bits per heavy atom. The molecule has 1 atom stereocenters. The number of nitrogens with one attached hydrogen (secondary N) is 1. The smallest absolute Gasteiger partial charge is 0.253 e. The van der Waals surface area contributed by atoms with Crippen LogP contribution in [-0.4, -0.2) is 11.9 Å². The van der Waals surface area contributed by atoms with Gasteiger partial charge in [-0.3, -0.25) is 4.79 Å². The lowest BCUT2D eigenvalue weighted by molar-refractivity contribution is 0.0929. The molecule has 0 spiro atoms. The summed E-state index contributed by atoms with van der Waals surface area (Å²) in [7, 11) is 0. The first-order valence-electron chi connectivity index (χ1n) is 6.67. The Bertz CT molecular complexity index is 489. The zero-order valence-electron chi connectivity index (χ0n) is 10.7. The van der Waals surface area contributed by atoms with E-state index in [0.717, 1.165) is 25.7 Å². The van der Waals surface area contributed by atoms with Crippen LogP contribution in [0.2, 0.25) is 5.02 Å². The molecule has 0 aliphatic heterocycles. The molecule has 0 saturated heterocycles. The Morgan fingerprint density at radius 2 is 2.00 bits per heavy atom. The summed E-state index contributed by atoms with van der Waals surface area (Å²) >= 11 is 5.99. The zero-order chi connectivity index (χ0) is 13.7. The molecule has 1 unspecified atom stereocenters. The summed E-state index contributed by atoms with van der Waals surface area (Å²) < 4.78 is 0. The van der Waals surface area contributed by atoms with E-state index in [0.29, 0.717) is 10.6 Å². The van der Waals surface area contributed by atoms with Gasteiger partial charge >= 0.3 is 0 Å². The lowest BCUT2D eigenvalue weighted by Gasteiger charge is -2.26. The first-order chi connectivity index (χ1) is 9.22. The number of amides is 1. The molecule has 2 rings (SSSR count). The highest BCUT2D eigenvalue weighted by Crippen LogP contribution is 2.26. The predicted octanol–water partition coefficient (Wildman–Crippen LogP) is 3.54. The van der Waals surface area contributed by atoms with E-state index in [2.05, 4.69) is 11.4 Å². The third-order valence-corrected chi connectivity index (χ3v) is 3.99. The highest BCUT2D eigenvalue weighted by Gasteiger charge is 2.25. The van der Waals surface area contributed by atoms with Crippen LogP contribution in [-0.2, 0) is 0 Å². The van der Waals surface area contributed by atoms with Gasteiger partial charge in [-0.25, -0.2) is 0 Å². The van der Waals surface area contributed by atoms with E-state index < -0.39 is 6.04 Å². The Hall–Kier alpha value is -1.53. The summed E-state index contributed by atoms with van der Waals surface area (Å²) in [5.41, 5.74) is 0.431. The van der Waals surface area contributed by atoms with E-state index in [1.165, 1.54) is 6.42 Å². The van der Waals surface area contributed by atoms with Gasteiger partial charge in [0.2, 0.25) is 0 Å². The van der Waals surface area contributed by atoms with E-state index in [-0.39, 0.29) is 11.8 Å².